The molecular weight excluding hydrogens is 554 g/mol. The standard InChI is InChI=1S/C36H41N3O5/c1-24-31(34(40)43-6)33(28-18-13-19-29(22-28)38-42)32(25(2)37-24)35(41)44-36(3,4)23-39(5)21-20-30(26-14-9-7-10-15-26)27-16-11-8-12-17-27/h7-19,22,30,33,37H,20-21,23H2,1-6H3. The fourth-order valence-corrected chi connectivity index (χ4v) is 6.05. The molecule has 3 aromatic carbocycles. The zero-order valence-corrected chi connectivity index (χ0v) is 26.3. The Kier molecular flexibility index (Phi) is 10.5. The Morgan fingerprint density at radius 2 is 1.45 bits per heavy atom. The zero-order valence-electron chi connectivity index (χ0n) is 26.3. The summed E-state index contributed by atoms with van der Waals surface area (Å²) in [4.78, 5) is 40.4. The van der Waals surface area contributed by atoms with Crippen LogP contribution < -0.4 is 5.32 Å². The van der Waals surface area contributed by atoms with Crippen LogP contribution in [-0.4, -0.2) is 49.7 Å². The van der Waals surface area contributed by atoms with Crippen molar-refractivity contribution >= 4 is 17.6 Å². The number of methoxy groups -OCH3 is 1. The lowest BCUT2D eigenvalue weighted by atomic mass is 9.80. The fourth-order valence-electron chi connectivity index (χ4n) is 6.05. The van der Waals surface area contributed by atoms with Gasteiger partial charge < -0.3 is 19.7 Å². The molecule has 44 heavy (non-hydrogen) atoms. The molecule has 0 radical (unpaired) electrons. The van der Waals surface area contributed by atoms with Gasteiger partial charge in [0.2, 0.25) is 0 Å². The molecule has 1 unspecified atom stereocenters. The maximum Gasteiger partial charge on any atom is 0.337 e. The van der Waals surface area contributed by atoms with Crippen LogP contribution in [-0.2, 0) is 19.1 Å². The number of ether oxygens (including phenoxy) is 2. The quantitative estimate of drug-likeness (QED) is 0.178. The van der Waals surface area contributed by atoms with Crippen molar-refractivity contribution in [1.82, 2.24) is 10.2 Å². The number of nitroso groups, excluding NO2 is 1. The average Bonchev–Trinajstić information content (AvgIpc) is 3.01. The van der Waals surface area contributed by atoms with Crippen molar-refractivity contribution in [1.29, 1.82) is 0 Å². The molecule has 1 atom stereocenters. The molecule has 1 heterocycles. The number of carbonyl (C=O) groups excluding carboxylic acids is 2. The Balaban J connectivity index is 1.53. The minimum atomic E-state index is -0.855. The Labute approximate surface area is 259 Å². The van der Waals surface area contributed by atoms with E-state index in [9.17, 15) is 14.5 Å². The molecule has 8 heteroatoms. The number of nitrogens with one attached hydrogen (secondary N) is 1. The smallest absolute Gasteiger partial charge is 0.337 e. The molecule has 1 aliphatic rings. The SMILES string of the molecule is COC(=O)C1=C(C)NC(C)=C(C(=O)OC(C)(C)CN(C)CCC(c2ccccc2)c2ccccc2)C1c1cccc(N=O)c1. The van der Waals surface area contributed by atoms with Gasteiger partial charge in [-0.1, -0.05) is 72.8 Å². The summed E-state index contributed by atoms with van der Waals surface area (Å²) in [6, 6.07) is 27.5. The van der Waals surface area contributed by atoms with E-state index in [0.717, 1.165) is 13.0 Å². The molecule has 0 aliphatic carbocycles. The zero-order chi connectivity index (χ0) is 31.9. The molecule has 4 rings (SSSR count). The summed E-state index contributed by atoms with van der Waals surface area (Å²) in [5.41, 5.74) is 4.10. The van der Waals surface area contributed by atoms with E-state index >= 15 is 0 Å². The molecule has 0 saturated carbocycles. The van der Waals surface area contributed by atoms with Crippen LogP contribution >= 0.6 is 0 Å². The molecule has 1 aliphatic heterocycles. The van der Waals surface area contributed by atoms with Crippen molar-refractivity contribution in [3.8, 4) is 0 Å². The van der Waals surface area contributed by atoms with Crippen molar-refractivity contribution in [3.63, 3.8) is 0 Å². The van der Waals surface area contributed by atoms with Crippen LogP contribution in [0.4, 0.5) is 5.69 Å². The normalized spacial score (nSPS) is 15.3. The number of allylic oxidation sites excluding steroid dienone is 2. The summed E-state index contributed by atoms with van der Waals surface area (Å²) in [5.74, 6) is -1.70. The first-order chi connectivity index (χ1) is 21.0. The number of esters is 2. The minimum Gasteiger partial charge on any atom is -0.466 e. The van der Waals surface area contributed by atoms with E-state index in [0.29, 0.717) is 23.5 Å². The summed E-state index contributed by atoms with van der Waals surface area (Å²) in [6.45, 7) is 8.56. The molecule has 3 aromatic rings. The minimum absolute atomic E-state index is 0.194. The summed E-state index contributed by atoms with van der Waals surface area (Å²) < 4.78 is 11.3. The molecule has 0 bridgehead atoms. The van der Waals surface area contributed by atoms with Gasteiger partial charge in [0.1, 0.15) is 11.3 Å². The Morgan fingerprint density at radius 1 is 0.886 bits per heavy atom. The highest BCUT2D eigenvalue weighted by molar-refractivity contribution is 6.00. The van der Waals surface area contributed by atoms with Gasteiger partial charge in [0.15, 0.2) is 0 Å². The van der Waals surface area contributed by atoms with Crippen LogP contribution in [0.5, 0.6) is 0 Å². The maximum atomic E-state index is 13.9. The van der Waals surface area contributed by atoms with Gasteiger partial charge in [-0.2, -0.15) is 0 Å². The largest absolute Gasteiger partial charge is 0.466 e. The number of dihydropyridines is 1. The number of benzene rings is 3. The van der Waals surface area contributed by atoms with Gasteiger partial charge >= 0.3 is 11.9 Å². The summed E-state index contributed by atoms with van der Waals surface area (Å²) in [6.07, 6.45) is 0.887. The van der Waals surface area contributed by atoms with Crippen molar-refractivity contribution < 1.29 is 19.1 Å². The molecule has 0 aromatic heterocycles. The van der Waals surface area contributed by atoms with Gasteiger partial charge in [-0.25, -0.2) is 9.59 Å². The van der Waals surface area contributed by atoms with Crippen LogP contribution in [0.2, 0.25) is 0 Å². The van der Waals surface area contributed by atoms with Gasteiger partial charge in [0, 0.05) is 23.9 Å². The monoisotopic (exact) mass is 595 g/mol. The highest BCUT2D eigenvalue weighted by Gasteiger charge is 2.39. The second kappa shape index (κ2) is 14.3. The van der Waals surface area contributed by atoms with Gasteiger partial charge in [0.25, 0.3) is 0 Å². The fraction of sp³-hybridized carbons (Fsp3) is 0.333. The number of hydrogen-bond donors (Lipinski definition) is 1. The second-order valence-corrected chi connectivity index (χ2v) is 11.9. The first-order valence-electron chi connectivity index (χ1n) is 14.8. The third-order valence-electron chi connectivity index (χ3n) is 7.92. The number of likely N-dealkylation sites (N-methyl/N-ethyl adjacent to an activating group) is 1. The maximum absolute atomic E-state index is 13.9. The van der Waals surface area contributed by atoms with Crippen molar-refractivity contribution in [3.05, 3.63) is 129 Å². The third-order valence-corrected chi connectivity index (χ3v) is 7.92. The molecular formula is C36H41N3O5. The van der Waals surface area contributed by atoms with Gasteiger partial charge in [-0.05, 0) is 81.7 Å². The molecule has 0 fully saturated rings. The first-order valence-corrected chi connectivity index (χ1v) is 14.8. The van der Waals surface area contributed by atoms with Crippen molar-refractivity contribution in [2.24, 2.45) is 5.18 Å². The van der Waals surface area contributed by atoms with Crippen molar-refractivity contribution in [2.45, 2.75) is 51.6 Å². The van der Waals surface area contributed by atoms with E-state index in [-0.39, 0.29) is 22.8 Å². The number of carbonyl (C=O) groups is 2. The number of rotatable bonds is 12. The number of hydrogen-bond acceptors (Lipinski definition) is 8. The summed E-state index contributed by atoms with van der Waals surface area (Å²) in [7, 11) is 3.32. The van der Waals surface area contributed by atoms with Crippen LogP contribution in [0.15, 0.2) is 113 Å². The Morgan fingerprint density at radius 3 is 2.00 bits per heavy atom. The third kappa shape index (κ3) is 7.68. The highest BCUT2D eigenvalue weighted by atomic mass is 16.6. The van der Waals surface area contributed by atoms with Crippen LogP contribution in [0.3, 0.4) is 0 Å². The van der Waals surface area contributed by atoms with Crippen LogP contribution in [0.25, 0.3) is 0 Å². The van der Waals surface area contributed by atoms with Gasteiger partial charge in [-0.3, -0.25) is 0 Å². The molecule has 0 amide bonds. The van der Waals surface area contributed by atoms with Crippen LogP contribution in [0.1, 0.15) is 62.6 Å². The van der Waals surface area contributed by atoms with E-state index in [2.05, 4.69) is 63.9 Å². The Bertz CT molecular complexity index is 1510. The average molecular weight is 596 g/mol. The van der Waals surface area contributed by atoms with E-state index in [4.69, 9.17) is 9.47 Å². The molecule has 0 spiro atoms. The molecule has 8 nitrogen and oxygen atoms in total. The summed E-state index contributed by atoms with van der Waals surface area (Å²) in [5, 5.41) is 6.21. The highest BCUT2D eigenvalue weighted by Crippen LogP contribution is 2.40. The molecule has 1 N–H and O–H groups in total. The lowest BCUT2D eigenvalue weighted by Crippen LogP contribution is -2.42. The van der Waals surface area contributed by atoms with E-state index in [1.807, 2.05) is 33.0 Å². The predicted molar refractivity (Wildman–Crippen MR) is 172 cm³/mol. The van der Waals surface area contributed by atoms with Gasteiger partial charge in [-0.15, -0.1) is 4.91 Å². The van der Waals surface area contributed by atoms with E-state index in [1.54, 1.807) is 38.1 Å². The van der Waals surface area contributed by atoms with Gasteiger partial charge in [0.05, 0.1) is 24.2 Å². The Hall–Kier alpha value is -4.56. The topological polar surface area (TPSA) is 97.3 Å². The lowest BCUT2D eigenvalue weighted by molar-refractivity contribution is -0.153. The van der Waals surface area contributed by atoms with E-state index in [1.165, 1.54) is 18.2 Å². The van der Waals surface area contributed by atoms with Crippen molar-refractivity contribution in [2.75, 3.05) is 27.2 Å². The lowest BCUT2D eigenvalue weighted by Gasteiger charge is -2.34. The van der Waals surface area contributed by atoms with Crippen LogP contribution in [0, 0.1) is 4.91 Å². The predicted octanol–water partition coefficient (Wildman–Crippen LogP) is 6.97. The molecule has 0 saturated heterocycles. The molecule has 230 valence electrons. The summed E-state index contributed by atoms with van der Waals surface area (Å²) >= 11 is 0. The van der Waals surface area contributed by atoms with E-state index < -0.39 is 23.5 Å². The number of nitrogens with zero attached hydrogens (tertiary/aromatic N) is 2. The second-order valence-electron chi connectivity index (χ2n) is 11.9. The first kappa shape index (κ1) is 32.4.